The molecule has 0 aliphatic carbocycles. The van der Waals surface area contributed by atoms with Gasteiger partial charge in [0.1, 0.15) is 5.69 Å². The monoisotopic (exact) mass is 343 g/mol. The molecule has 7 heteroatoms. The van der Waals surface area contributed by atoms with Gasteiger partial charge in [0, 0.05) is 13.7 Å². The Hall–Kier alpha value is -2.93. The summed E-state index contributed by atoms with van der Waals surface area (Å²) in [6.07, 6.45) is 1.57. The van der Waals surface area contributed by atoms with Crippen LogP contribution in [0.4, 0.5) is 11.4 Å². The van der Waals surface area contributed by atoms with E-state index in [4.69, 9.17) is 9.47 Å². The second-order valence-corrected chi connectivity index (χ2v) is 5.07. The summed E-state index contributed by atoms with van der Waals surface area (Å²) in [4.78, 5) is 28.4. The molecule has 1 amide bonds. The van der Waals surface area contributed by atoms with E-state index in [0.29, 0.717) is 24.4 Å². The number of methoxy groups -OCH3 is 1. The molecular weight excluding hydrogens is 322 g/mol. The van der Waals surface area contributed by atoms with Gasteiger partial charge in [0.25, 0.3) is 5.91 Å². The number of carbonyl (C=O) groups is 2. The molecule has 0 aliphatic rings. The van der Waals surface area contributed by atoms with Crippen molar-refractivity contribution in [2.24, 2.45) is 0 Å². The van der Waals surface area contributed by atoms with E-state index in [2.05, 4.69) is 15.6 Å². The third kappa shape index (κ3) is 5.29. The molecule has 0 spiro atoms. The third-order valence-electron chi connectivity index (χ3n) is 3.30. The van der Waals surface area contributed by atoms with Gasteiger partial charge in [0.15, 0.2) is 0 Å². The normalized spacial score (nSPS) is 10.2. The highest BCUT2D eigenvalue weighted by Crippen LogP contribution is 2.17. The Kier molecular flexibility index (Phi) is 6.91. The molecule has 0 unspecified atom stereocenters. The Balaban J connectivity index is 2.06. The molecule has 1 heterocycles. The predicted molar refractivity (Wildman–Crippen MR) is 95.0 cm³/mol. The summed E-state index contributed by atoms with van der Waals surface area (Å²) < 4.78 is 9.95. The number of anilines is 2. The molecule has 0 aliphatic heterocycles. The molecule has 0 radical (unpaired) electrons. The Morgan fingerprint density at radius 3 is 2.64 bits per heavy atom. The molecule has 0 fully saturated rings. The van der Waals surface area contributed by atoms with Gasteiger partial charge in [0.2, 0.25) is 0 Å². The van der Waals surface area contributed by atoms with E-state index in [-0.39, 0.29) is 12.3 Å². The van der Waals surface area contributed by atoms with Crippen LogP contribution in [0, 0.1) is 0 Å². The van der Waals surface area contributed by atoms with Gasteiger partial charge in [-0.25, -0.2) is 9.78 Å². The molecular formula is C18H21N3O4. The molecule has 1 aromatic carbocycles. The van der Waals surface area contributed by atoms with Crippen LogP contribution < -0.4 is 10.6 Å². The molecule has 0 saturated heterocycles. The second kappa shape index (κ2) is 9.39. The van der Waals surface area contributed by atoms with Gasteiger partial charge in [0.05, 0.1) is 36.3 Å². The highest BCUT2D eigenvalue weighted by Gasteiger charge is 2.15. The summed E-state index contributed by atoms with van der Waals surface area (Å²) in [5.41, 5.74) is 1.72. The number of hydrogen-bond donors (Lipinski definition) is 2. The summed E-state index contributed by atoms with van der Waals surface area (Å²) >= 11 is 0. The summed E-state index contributed by atoms with van der Waals surface area (Å²) in [5.74, 6) is -0.885. The minimum Gasteiger partial charge on any atom is -0.462 e. The van der Waals surface area contributed by atoms with Crippen LogP contribution in [0.25, 0.3) is 0 Å². The number of carbonyl (C=O) groups excluding carboxylic acids is 2. The number of pyridine rings is 1. The first-order chi connectivity index (χ1) is 12.2. The smallest absolute Gasteiger partial charge is 0.340 e. The zero-order valence-electron chi connectivity index (χ0n) is 14.2. The summed E-state index contributed by atoms with van der Waals surface area (Å²) in [5, 5.41) is 5.81. The molecule has 1 aromatic heterocycles. The zero-order chi connectivity index (χ0) is 18.1. The maximum Gasteiger partial charge on any atom is 0.340 e. The van der Waals surface area contributed by atoms with Crippen molar-refractivity contribution in [3.05, 3.63) is 53.9 Å². The average Bonchev–Trinajstić information content (AvgIpc) is 2.63. The number of benzene rings is 1. The van der Waals surface area contributed by atoms with E-state index < -0.39 is 11.9 Å². The number of esters is 1. The molecule has 2 rings (SSSR count). The van der Waals surface area contributed by atoms with E-state index >= 15 is 0 Å². The van der Waals surface area contributed by atoms with E-state index in [1.165, 1.54) is 0 Å². The molecule has 2 N–H and O–H groups in total. The SMILES string of the molecule is CCOC(=O)c1ccccc1NC(=O)c1ccc(NCCOC)cn1. The number of amides is 1. The lowest BCUT2D eigenvalue weighted by Gasteiger charge is -2.10. The largest absolute Gasteiger partial charge is 0.462 e. The molecule has 25 heavy (non-hydrogen) atoms. The van der Waals surface area contributed by atoms with Crippen LogP contribution in [0.5, 0.6) is 0 Å². The van der Waals surface area contributed by atoms with Crippen LogP contribution in [0.2, 0.25) is 0 Å². The fourth-order valence-corrected chi connectivity index (χ4v) is 2.10. The number of aromatic nitrogens is 1. The quantitative estimate of drug-likeness (QED) is 0.566. The van der Waals surface area contributed by atoms with Crippen LogP contribution in [-0.4, -0.2) is 43.7 Å². The maximum absolute atomic E-state index is 12.4. The van der Waals surface area contributed by atoms with Crippen molar-refractivity contribution in [1.82, 2.24) is 4.98 Å². The van der Waals surface area contributed by atoms with Crippen molar-refractivity contribution >= 4 is 23.3 Å². The number of nitrogens with zero attached hydrogens (tertiary/aromatic N) is 1. The third-order valence-corrected chi connectivity index (χ3v) is 3.30. The second-order valence-electron chi connectivity index (χ2n) is 5.07. The van der Waals surface area contributed by atoms with Crippen LogP contribution in [-0.2, 0) is 9.47 Å². The van der Waals surface area contributed by atoms with Crippen molar-refractivity contribution in [2.45, 2.75) is 6.92 Å². The van der Waals surface area contributed by atoms with E-state index in [9.17, 15) is 9.59 Å². The first kappa shape index (κ1) is 18.4. The molecule has 7 nitrogen and oxygen atoms in total. The van der Waals surface area contributed by atoms with Crippen LogP contribution in [0.15, 0.2) is 42.6 Å². The predicted octanol–water partition coefficient (Wildman–Crippen LogP) is 2.57. The number of nitrogens with one attached hydrogen (secondary N) is 2. The van der Waals surface area contributed by atoms with Crippen LogP contribution >= 0.6 is 0 Å². The maximum atomic E-state index is 12.4. The van der Waals surface area contributed by atoms with Crippen LogP contribution in [0.1, 0.15) is 27.8 Å². The lowest BCUT2D eigenvalue weighted by molar-refractivity contribution is 0.0527. The average molecular weight is 343 g/mol. The minimum absolute atomic E-state index is 0.246. The van der Waals surface area contributed by atoms with Gasteiger partial charge in [-0.15, -0.1) is 0 Å². The standard InChI is InChI=1S/C18H21N3O4/c1-3-25-18(23)14-6-4-5-7-15(14)21-17(22)16-9-8-13(12-20-16)19-10-11-24-2/h4-9,12,19H,3,10-11H2,1-2H3,(H,21,22). The number of ether oxygens (including phenoxy) is 2. The van der Waals surface area contributed by atoms with Crippen molar-refractivity contribution in [3.63, 3.8) is 0 Å². The number of hydrogen-bond acceptors (Lipinski definition) is 6. The number of para-hydroxylation sites is 1. The van der Waals surface area contributed by atoms with Gasteiger partial charge in [-0.1, -0.05) is 12.1 Å². The molecule has 0 bridgehead atoms. The Labute approximate surface area is 146 Å². The fraction of sp³-hybridized carbons (Fsp3) is 0.278. The highest BCUT2D eigenvalue weighted by atomic mass is 16.5. The lowest BCUT2D eigenvalue weighted by Crippen LogP contribution is -2.17. The van der Waals surface area contributed by atoms with Gasteiger partial charge in [-0.05, 0) is 31.2 Å². The van der Waals surface area contributed by atoms with Gasteiger partial charge >= 0.3 is 5.97 Å². The van der Waals surface area contributed by atoms with E-state index in [1.54, 1.807) is 56.6 Å². The fourth-order valence-electron chi connectivity index (χ4n) is 2.10. The summed E-state index contributed by atoms with van der Waals surface area (Å²) in [6, 6.07) is 10.1. The highest BCUT2D eigenvalue weighted by molar-refractivity contribution is 6.07. The zero-order valence-corrected chi connectivity index (χ0v) is 14.2. The van der Waals surface area contributed by atoms with Gasteiger partial charge < -0.3 is 20.1 Å². The van der Waals surface area contributed by atoms with Crippen molar-refractivity contribution in [3.8, 4) is 0 Å². The summed E-state index contributed by atoms with van der Waals surface area (Å²) in [7, 11) is 1.63. The molecule has 0 saturated carbocycles. The Morgan fingerprint density at radius 2 is 1.96 bits per heavy atom. The number of rotatable bonds is 8. The van der Waals surface area contributed by atoms with Crippen molar-refractivity contribution in [2.75, 3.05) is 37.5 Å². The van der Waals surface area contributed by atoms with Crippen molar-refractivity contribution < 1.29 is 19.1 Å². The van der Waals surface area contributed by atoms with Gasteiger partial charge in [-0.2, -0.15) is 0 Å². The lowest BCUT2D eigenvalue weighted by atomic mass is 10.1. The van der Waals surface area contributed by atoms with E-state index in [1.807, 2.05) is 0 Å². The topological polar surface area (TPSA) is 89.5 Å². The molecule has 132 valence electrons. The molecule has 2 aromatic rings. The summed E-state index contributed by atoms with van der Waals surface area (Å²) in [6.45, 7) is 3.22. The Bertz CT molecular complexity index is 717. The molecule has 0 atom stereocenters. The van der Waals surface area contributed by atoms with Crippen molar-refractivity contribution in [1.29, 1.82) is 0 Å². The first-order valence-electron chi connectivity index (χ1n) is 7.92. The minimum atomic E-state index is -0.482. The van der Waals surface area contributed by atoms with Crippen LogP contribution in [0.3, 0.4) is 0 Å². The first-order valence-corrected chi connectivity index (χ1v) is 7.92. The van der Waals surface area contributed by atoms with Gasteiger partial charge in [-0.3, -0.25) is 4.79 Å². The Morgan fingerprint density at radius 1 is 1.16 bits per heavy atom. The van der Waals surface area contributed by atoms with E-state index in [0.717, 1.165) is 5.69 Å².